The molecule has 3 atom stereocenters. The van der Waals surface area contributed by atoms with E-state index in [0.717, 1.165) is 0 Å². The Kier molecular flexibility index (Phi) is 4.92. The second-order valence-electron chi connectivity index (χ2n) is 4.72. The van der Waals surface area contributed by atoms with Crippen molar-refractivity contribution in [2.75, 3.05) is 13.2 Å². The van der Waals surface area contributed by atoms with Crippen LogP contribution < -0.4 is 10.5 Å². The number of nitrogens with two attached hydrogens (primary N) is 1. The first-order valence-corrected chi connectivity index (χ1v) is 6.52. The van der Waals surface area contributed by atoms with Crippen molar-refractivity contribution in [3.05, 3.63) is 30.1 Å². The Morgan fingerprint density at radius 3 is 2.75 bits per heavy atom. The predicted molar refractivity (Wildman–Crippen MR) is 69.8 cm³/mol. The maximum Gasteiger partial charge on any atom is 0.325 e. The SMILES string of the molecule is C[C@@H]1OC(=O)[C@@H](N)COCC[C@H]1Oc1ccc(F)cc1. The Morgan fingerprint density at radius 2 is 2.05 bits per heavy atom. The van der Waals surface area contributed by atoms with Gasteiger partial charge in [0.2, 0.25) is 0 Å². The van der Waals surface area contributed by atoms with Gasteiger partial charge in [0.05, 0.1) is 13.2 Å². The van der Waals surface area contributed by atoms with E-state index in [0.29, 0.717) is 18.8 Å². The lowest BCUT2D eigenvalue weighted by Crippen LogP contribution is -2.40. The number of halogens is 1. The molecule has 1 aromatic carbocycles. The van der Waals surface area contributed by atoms with Gasteiger partial charge in [-0.1, -0.05) is 0 Å². The van der Waals surface area contributed by atoms with Crippen molar-refractivity contribution >= 4 is 5.97 Å². The molecule has 1 aliphatic rings. The Bertz CT molecular complexity index is 451. The molecule has 0 spiro atoms. The van der Waals surface area contributed by atoms with Gasteiger partial charge in [-0.2, -0.15) is 0 Å². The van der Waals surface area contributed by atoms with Gasteiger partial charge in [0, 0.05) is 6.42 Å². The molecule has 1 saturated heterocycles. The van der Waals surface area contributed by atoms with Crippen molar-refractivity contribution in [2.45, 2.75) is 31.6 Å². The molecule has 1 aromatic rings. The lowest BCUT2D eigenvalue weighted by Gasteiger charge is -2.24. The number of hydrogen-bond acceptors (Lipinski definition) is 5. The van der Waals surface area contributed by atoms with Crippen molar-refractivity contribution in [1.82, 2.24) is 0 Å². The van der Waals surface area contributed by atoms with Crippen LogP contribution in [0.5, 0.6) is 5.75 Å². The van der Waals surface area contributed by atoms with Gasteiger partial charge in [0.1, 0.15) is 29.8 Å². The molecule has 1 aliphatic heterocycles. The summed E-state index contributed by atoms with van der Waals surface area (Å²) in [5.41, 5.74) is 5.61. The lowest BCUT2D eigenvalue weighted by atomic mass is 10.1. The molecule has 0 aromatic heterocycles. The summed E-state index contributed by atoms with van der Waals surface area (Å²) in [6, 6.07) is 4.91. The summed E-state index contributed by atoms with van der Waals surface area (Å²) < 4.78 is 29.1. The molecule has 0 amide bonds. The van der Waals surface area contributed by atoms with Crippen LogP contribution in [-0.2, 0) is 14.3 Å². The van der Waals surface area contributed by atoms with Crippen LogP contribution in [0, 0.1) is 5.82 Å². The average Bonchev–Trinajstić information content (AvgIpc) is 2.48. The minimum Gasteiger partial charge on any atom is -0.486 e. The third kappa shape index (κ3) is 3.91. The Morgan fingerprint density at radius 1 is 1.35 bits per heavy atom. The average molecular weight is 283 g/mol. The molecule has 0 bridgehead atoms. The normalized spacial score (nSPS) is 27.9. The van der Waals surface area contributed by atoms with Crippen LogP contribution >= 0.6 is 0 Å². The molecule has 0 aliphatic carbocycles. The van der Waals surface area contributed by atoms with Crippen molar-refractivity contribution < 1.29 is 23.4 Å². The first-order chi connectivity index (χ1) is 9.56. The van der Waals surface area contributed by atoms with E-state index in [2.05, 4.69) is 0 Å². The second-order valence-corrected chi connectivity index (χ2v) is 4.72. The number of benzene rings is 1. The van der Waals surface area contributed by atoms with Gasteiger partial charge in [-0.05, 0) is 31.2 Å². The number of cyclic esters (lactones) is 1. The van der Waals surface area contributed by atoms with Gasteiger partial charge >= 0.3 is 5.97 Å². The van der Waals surface area contributed by atoms with E-state index in [1.165, 1.54) is 24.3 Å². The molecule has 0 saturated carbocycles. The van der Waals surface area contributed by atoms with Crippen LogP contribution in [0.2, 0.25) is 0 Å². The summed E-state index contributed by atoms with van der Waals surface area (Å²) >= 11 is 0. The molecular formula is C14H18FNO4. The first-order valence-electron chi connectivity index (χ1n) is 6.52. The highest BCUT2D eigenvalue weighted by molar-refractivity contribution is 5.75. The van der Waals surface area contributed by atoms with Gasteiger partial charge in [-0.25, -0.2) is 4.39 Å². The van der Waals surface area contributed by atoms with Crippen molar-refractivity contribution in [2.24, 2.45) is 5.73 Å². The van der Waals surface area contributed by atoms with Gasteiger partial charge in [0.25, 0.3) is 0 Å². The lowest BCUT2D eigenvalue weighted by molar-refractivity contribution is -0.154. The predicted octanol–water partition coefficient (Wildman–Crippen LogP) is 1.25. The minimum absolute atomic E-state index is 0.134. The number of ether oxygens (including phenoxy) is 3. The number of rotatable bonds is 2. The van der Waals surface area contributed by atoms with Crippen molar-refractivity contribution in [3.63, 3.8) is 0 Å². The zero-order valence-corrected chi connectivity index (χ0v) is 11.3. The summed E-state index contributed by atoms with van der Waals surface area (Å²) in [6.45, 7) is 2.29. The zero-order chi connectivity index (χ0) is 14.5. The highest BCUT2D eigenvalue weighted by Crippen LogP contribution is 2.18. The Hall–Kier alpha value is -1.66. The van der Waals surface area contributed by atoms with Gasteiger partial charge in [0.15, 0.2) is 0 Å². The molecule has 1 heterocycles. The molecule has 2 N–H and O–H groups in total. The largest absolute Gasteiger partial charge is 0.486 e. The zero-order valence-electron chi connectivity index (χ0n) is 11.3. The second kappa shape index (κ2) is 6.67. The summed E-state index contributed by atoms with van der Waals surface area (Å²) in [5, 5.41) is 0. The third-order valence-electron chi connectivity index (χ3n) is 3.07. The van der Waals surface area contributed by atoms with E-state index in [9.17, 15) is 9.18 Å². The first kappa shape index (κ1) is 14.7. The fourth-order valence-corrected chi connectivity index (χ4v) is 1.90. The van der Waals surface area contributed by atoms with E-state index in [1.807, 2.05) is 0 Å². The van der Waals surface area contributed by atoms with Crippen molar-refractivity contribution in [1.29, 1.82) is 0 Å². The van der Waals surface area contributed by atoms with E-state index in [4.69, 9.17) is 19.9 Å². The molecule has 2 rings (SSSR count). The van der Waals surface area contributed by atoms with E-state index in [-0.39, 0.29) is 18.5 Å². The molecule has 20 heavy (non-hydrogen) atoms. The highest BCUT2D eigenvalue weighted by atomic mass is 19.1. The van der Waals surface area contributed by atoms with Gasteiger partial charge in [-0.15, -0.1) is 0 Å². The standard InChI is InChI=1S/C14H18FNO4/c1-9-13(20-11-4-2-10(15)3-5-11)6-7-18-8-12(16)14(17)19-9/h2-5,9,12-13H,6-8,16H2,1H3/t9-,12-,13+/m0/s1. The van der Waals surface area contributed by atoms with Crippen LogP contribution in [-0.4, -0.2) is 37.4 Å². The van der Waals surface area contributed by atoms with Crippen LogP contribution in [0.4, 0.5) is 4.39 Å². The highest BCUT2D eigenvalue weighted by Gasteiger charge is 2.27. The Labute approximate surface area is 116 Å². The fraction of sp³-hybridized carbons (Fsp3) is 0.500. The monoisotopic (exact) mass is 283 g/mol. The Balaban J connectivity index is 2.04. The topological polar surface area (TPSA) is 70.8 Å². The molecule has 0 unspecified atom stereocenters. The molecular weight excluding hydrogens is 265 g/mol. The van der Waals surface area contributed by atoms with E-state index in [1.54, 1.807) is 6.92 Å². The minimum atomic E-state index is -0.776. The summed E-state index contributed by atoms with van der Waals surface area (Å²) in [5.74, 6) is -0.324. The summed E-state index contributed by atoms with van der Waals surface area (Å²) in [7, 11) is 0. The molecule has 1 fully saturated rings. The van der Waals surface area contributed by atoms with Crippen LogP contribution in [0.25, 0.3) is 0 Å². The molecule has 6 heteroatoms. The quantitative estimate of drug-likeness (QED) is 0.827. The van der Waals surface area contributed by atoms with Crippen LogP contribution in [0.1, 0.15) is 13.3 Å². The van der Waals surface area contributed by atoms with Crippen LogP contribution in [0.15, 0.2) is 24.3 Å². The molecule has 110 valence electrons. The van der Waals surface area contributed by atoms with E-state index < -0.39 is 18.1 Å². The maximum absolute atomic E-state index is 12.8. The van der Waals surface area contributed by atoms with E-state index >= 15 is 0 Å². The number of esters is 1. The summed E-state index contributed by atoms with van der Waals surface area (Å²) in [6.07, 6.45) is -0.270. The number of carbonyl (C=O) groups is 1. The van der Waals surface area contributed by atoms with Crippen molar-refractivity contribution in [3.8, 4) is 5.75 Å². The third-order valence-corrected chi connectivity index (χ3v) is 3.07. The molecule has 5 nitrogen and oxygen atoms in total. The maximum atomic E-state index is 12.8. The number of carbonyl (C=O) groups excluding carboxylic acids is 1. The van der Waals surface area contributed by atoms with Crippen LogP contribution in [0.3, 0.4) is 0 Å². The summed E-state index contributed by atoms with van der Waals surface area (Å²) in [4.78, 5) is 11.6. The number of hydrogen-bond donors (Lipinski definition) is 1. The van der Waals surface area contributed by atoms with Gasteiger partial charge < -0.3 is 19.9 Å². The van der Waals surface area contributed by atoms with Gasteiger partial charge in [-0.3, -0.25) is 4.79 Å². The fourth-order valence-electron chi connectivity index (χ4n) is 1.90. The smallest absolute Gasteiger partial charge is 0.325 e. The molecule has 0 radical (unpaired) electrons.